The van der Waals surface area contributed by atoms with E-state index in [0.717, 1.165) is 0 Å². The van der Waals surface area contributed by atoms with Crippen molar-refractivity contribution in [3.63, 3.8) is 0 Å². The zero-order valence-electron chi connectivity index (χ0n) is 4.81. The van der Waals surface area contributed by atoms with Crippen LogP contribution in [0.1, 0.15) is 6.42 Å². The van der Waals surface area contributed by atoms with Crippen LogP contribution in [-0.4, -0.2) is 44.8 Å². The first-order chi connectivity index (χ1) is 4.13. The summed E-state index contributed by atoms with van der Waals surface area (Å²) in [5.41, 5.74) is 0. The molecule has 4 nitrogen and oxygen atoms in total. The van der Waals surface area contributed by atoms with Gasteiger partial charge in [-0.1, -0.05) is 0 Å². The van der Waals surface area contributed by atoms with Crippen molar-refractivity contribution in [2.24, 2.45) is 0 Å². The van der Waals surface area contributed by atoms with Crippen LogP contribution in [0.3, 0.4) is 0 Å². The Morgan fingerprint density at radius 1 is 0.778 bits per heavy atom. The van der Waals surface area contributed by atoms with Crippen molar-refractivity contribution < 1.29 is 20.4 Å². The van der Waals surface area contributed by atoms with E-state index in [-0.39, 0.29) is 6.42 Å². The molecule has 0 radical (unpaired) electrons. The van der Waals surface area contributed by atoms with Gasteiger partial charge in [0.15, 0.2) is 0 Å². The van der Waals surface area contributed by atoms with E-state index in [4.69, 9.17) is 20.4 Å². The van der Waals surface area contributed by atoms with Gasteiger partial charge in [-0.05, 0) is 0 Å². The van der Waals surface area contributed by atoms with Crippen LogP contribution in [0.25, 0.3) is 0 Å². The molecule has 0 aromatic carbocycles. The second kappa shape index (κ2) is 2.22. The smallest absolute Gasteiger partial charge is 0.108 e. The Hall–Kier alpha value is -0.160. The zero-order valence-corrected chi connectivity index (χ0v) is 4.81. The molecule has 9 heavy (non-hydrogen) atoms. The lowest BCUT2D eigenvalue weighted by atomic mass is 10.2. The first kappa shape index (κ1) is 6.95. The van der Waals surface area contributed by atoms with Gasteiger partial charge in [-0.25, -0.2) is 0 Å². The van der Waals surface area contributed by atoms with Crippen LogP contribution in [0.4, 0.5) is 0 Å². The molecule has 1 aliphatic carbocycles. The minimum atomic E-state index is -1.18. The minimum absolute atomic E-state index is 0.0579. The summed E-state index contributed by atoms with van der Waals surface area (Å²) in [5.74, 6) is 0. The maximum atomic E-state index is 8.78. The van der Waals surface area contributed by atoms with Gasteiger partial charge in [-0.3, -0.25) is 0 Å². The lowest BCUT2D eigenvalue weighted by Crippen LogP contribution is -2.32. The molecule has 0 amide bonds. The molecule has 1 aliphatic rings. The second-order valence-corrected chi connectivity index (χ2v) is 2.35. The number of hydrogen-bond acceptors (Lipinski definition) is 4. The van der Waals surface area contributed by atoms with Gasteiger partial charge in [0.1, 0.15) is 12.2 Å². The number of aliphatic hydroxyl groups is 4. The van der Waals surface area contributed by atoms with Crippen molar-refractivity contribution in [1.29, 1.82) is 0 Å². The van der Waals surface area contributed by atoms with Crippen molar-refractivity contribution in [2.45, 2.75) is 30.8 Å². The third kappa shape index (κ3) is 1.07. The molecule has 0 unspecified atom stereocenters. The first-order valence-electron chi connectivity index (χ1n) is 2.85. The number of rotatable bonds is 0. The van der Waals surface area contributed by atoms with Crippen molar-refractivity contribution in [2.75, 3.05) is 0 Å². The van der Waals surface area contributed by atoms with Gasteiger partial charge in [0.05, 0.1) is 12.2 Å². The maximum absolute atomic E-state index is 8.78. The topological polar surface area (TPSA) is 80.9 Å². The predicted octanol–water partition coefficient (Wildman–Crippen LogP) is -2.17. The van der Waals surface area contributed by atoms with Crippen molar-refractivity contribution in [1.82, 2.24) is 0 Å². The molecule has 0 spiro atoms. The highest BCUT2D eigenvalue weighted by molar-refractivity contribution is 4.90. The maximum Gasteiger partial charge on any atom is 0.108 e. The van der Waals surface area contributed by atoms with E-state index in [1.807, 2.05) is 0 Å². The quantitative estimate of drug-likeness (QED) is 0.304. The zero-order chi connectivity index (χ0) is 7.02. The summed E-state index contributed by atoms with van der Waals surface area (Å²) in [4.78, 5) is 0. The largest absolute Gasteiger partial charge is 0.390 e. The Bertz CT molecular complexity index is 93.1. The Morgan fingerprint density at radius 3 is 1.22 bits per heavy atom. The van der Waals surface area contributed by atoms with Crippen LogP contribution in [0.15, 0.2) is 0 Å². The van der Waals surface area contributed by atoms with Gasteiger partial charge < -0.3 is 20.4 Å². The molecule has 1 saturated carbocycles. The fourth-order valence-electron chi connectivity index (χ4n) is 0.981. The Morgan fingerprint density at radius 2 is 1.11 bits per heavy atom. The number of aliphatic hydroxyl groups excluding tert-OH is 4. The average Bonchev–Trinajstić information content (AvgIpc) is 1.98. The van der Waals surface area contributed by atoms with Crippen molar-refractivity contribution >= 4 is 0 Å². The molecule has 54 valence electrons. The highest BCUT2D eigenvalue weighted by Gasteiger charge is 2.39. The van der Waals surface area contributed by atoms with E-state index in [9.17, 15) is 0 Å². The van der Waals surface area contributed by atoms with Crippen molar-refractivity contribution in [3.05, 3.63) is 0 Å². The Kier molecular flexibility index (Phi) is 1.72. The van der Waals surface area contributed by atoms with Crippen LogP contribution in [0.5, 0.6) is 0 Å². The van der Waals surface area contributed by atoms with Gasteiger partial charge in [-0.2, -0.15) is 0 Å². The molecule has 0 aliphatic heterocycles. The highest BCUT2D eigenvalue weighted by Crippen LogP contribution is 2.19. The van der Waals surface area contributed by atoms with Crippen LogP contribution in [-0.2, 0) is 0 Å². The summed E-state index contributed by atoms with van der Waals surface area (Å²) >= 11 is 0. The summed E-state index contributed by atoms with van der Waals surface area (Å²) < 4.78 is 0. The first-order valence-corrected chi connectivity index (χ1v) is 2.85. The molecule has 0 bridgehead atoms. The van der Waals surface area contributed by atoms with Gasteiger partial charge in [-0.15, -0.1) is 0 Å². The van der Waals surface area contributed by atoms with Crippen LogP contribution >= 0.6 is 0 Å². The molecule has 4 atom stereocenters. The molecular weight excluding hydrogens is 124 g/mol. The molecule has 4 heteroatoms. The van der Waals surface area contributed by atoms with Crippen LogP contribution in [0, 0.1) is 0 Å². The lowest BCUT2D eigenvalue weighted by Gasteiger charge is -2.10. The standard InChI is InChI=1S/C5H10O4/c6-2-1-3(7)5(9)4(2)8/h2-9H,1H2/t2-,3+,4-,5+. The number of hydrogen-bond donors (Lipinski definition) is 4. The average molecular weight is 134 g/mol. The molecule has 0 aromatic heterocycles. The summed E-state index contributed by atoms with van der Waals surface area (Å²) in [7, 11) is 0. The van der Waals surface area contributed by atoms with E-state index >= 15 is 0 Å². The third-order valence-corrected chi connectivity index (χ3v) is 1.62. The van der Waals surface area contributed by atoms with Gasteiger partial charge in [0, 0.05) is 6.42 Å². The molecule has 4 N–H and O–H groups in total. The molecule has 1 rings (SSSR count). The van der Waals surface area contributed by atoms with E-state index in [0.29, 0.717) is 0 Å². The highest BCUT2D eigenvalue weighted by atomic mass is 16.4. The molecule has 0 heterocycles. The Labute approximate surface area is 52.4 Å². The second-order valence-electron chi connectivity index (χ2n) is 2.35. The normalized spacial score (nSPS) is 52.0. The fourth-order valence-corrected chi connectivity index (χ4v) is 0.981. The van der Waals surface area contributed by atoms with Gasteiger partial charge in [0.2, 0.25) is 0 Å². The van der Waals surface area contributed by atoms with Crippen molar-refractivity contribution in [3.8, 4) is 0 Å². The van der Waals surface area contributed by atoms with E-state index < -0.39 is 24.4 Å². The fraction of sp³-hybridized carbons (Fsp3) is 1.00. The lowest BCUT2D eigenvalue weighted by molar-refractivity contribution is -0.0413. The molecule has 0 aromatic rings. The predicted molar refractivity (Wildman–Crippen MR) is 28.6 cm³/mol. The summed E-state index contributed by atoms with van der Waals surface area (Å²) in [6, 6.07) is 0. The van der Waals surface area contributed by atoms with Gasteiger partial charge >= 0.3 is 0 Å². The minimum Gasteiger partial charge on any atom is -0.390 e. The third-order valence-electron chi connectivity index (χ3n) is 1.62. The molecule has 1 fully saturated rings. The molecular formula is C5H10O4. The SMILES string of the molecule is O[C@@H]1[C@H](O)[C@H](O)C[C@@H]1O. The Balaban J connectivity index is 2.54. The van der Waals surface area contributed by atoms with E-state index in [1.165, 1.54) is 0 Å². The van der Waals surface area contributed by atoms with Crippen LogP contribution in [0.2, 0.25) is 0 Å². The van der Waals surface area contributed by atoms with Gasteiger partial charge in [0.25, 0.3) is 0 Å². The summed E-state index contributed by atoms with van der Waals surface area (Å²) in [5, 5.41) is 35.1. The van der Waals surface area contributed by atoms with E-state index in [1.54, 1.807) is 0 Å². The van der Waals surface area contributed by atoms with E-state index in [2.05, 4.69) is 0 Å². The summed E-state index contributed by atoms with van der Waals surface area (Å²) in [6.07, 6.45) is -4.26. The molecule has 0 saturated heterocycles. The monoisotopic (exact) mass is 134 g/mol. The summed E-state index contributed by atoms with van der Waals surface area (Å²) in [6.45, 7) is 0. The van der Waals surface area contributed by atoms with Crippen LogP contribution < -0.4 is 0 Å².